The van der Waals surface area contributed by atoms with Gasteiger partial charge in [0.2, 0.25) is 0 Å². The molecule has 2 aromatic rings. The molecule has 0 spiro atoms. The number of hydrogen-bond donors (Lipinski definition) is 2. The monoisotopic (exact) mass is 354 g/mol. The maximum absolute atomic E-state index is 12.3. The van der Waals surface area contributed by atoms with Crippen LogP contribution in [-0.4, -0.2) is 24.5 Å². The summed E-state index contributed by atoms with van der Waals surface area (Å²) >= 11 is 0. The number of carbonyl (C=O) groups is 2. The molecular formula is C20H22N2O4. The molecule has 0 atom stereocenters. The highest BCUT2D eigenvalue weighted by molar-refractivity contribution is 6.00. The van der Waals surface area contributed by atoms with Gasteiger partial charge in [0, 0.05) is 5.56 Å². The first kappa shape index (κ1) is 19.1. The Bertz CT molecular complexity index is 787. The molecule has 0 bridgehead atoms. The van der Waals surface area contributed by atoms with Crippen LogP contribution in [0.3, 0.4) is 0 Å². The van der Waals surface area contributed by atoms with Gasteiger partial charge in [0.1, 0.15) is 18.1 Å². The molecule has 0 aliphatic carbocycles. The Morgan fingerprint density at radius 1 is 1.08 bits per heavy atom. The predicted molar refractivity (Wildman–Crippen MR) is 99.3 cm³/mol. The predicted octanol–water partition coefficient (Wildman–Crippen LogP) is 3.11. The minimum Gasteiger partial charge on any atom is -0.491 e. The lowest BCUT2D eigenvalue weighted by molar-refractivity contribution is 0.0844. The summed E-state index contributed by atoms with van der Waals surface area (Å²) in [4.78, 5) is 24.6. The van der Waals surface area contributed by atoms with E-state index in [-0.39, 0.29) is 12.7 Å². The topological polar surface area (TPSA) is 76.7 Å². The number of amides is 2. The van der Waals surface area contributed by atoms with Crippen LogP contribution < -0.4 is 20.3 Å². The quantitative estimate of drug-likeness (QED) is 0.592. The van der Waals surface area contributed by atoms with Crippen LogP contribution >= 0.6 is 0 Å². The molecule has 0 heterocycles. The second-order valence-corrected chi connectivity index (χ2v) is 5.70. The first-order valence-electron chi connectivity index (χ1n) is 8.21. The lowest BCUT2D eigenvalue weighted by Crippen LogP contribution is -2.41. The van der Waals surface area contributed by atoms with Crippen LogP contribution in [0.25, 0.3) is 0 Å². The van der Waals surface area contributed by atoms with Crippen molar-refractivity contribution in [3.63, 3.8) is 0 Å². The number of hydrazine groups is 1. The smallest absolute Gasteiger partial charge is 0.273 e. The van der Waals surface area contributed by atoms with Gasteiger partial charge in [0.25, 0.3) is 11.8 Å². The van der Waals surface area contributed by atoms with Crippen molar-refractivity contribution in [2.24, 2.45) is 0 Å². The van der Waals surface area contributed by atoms with Crippen LogP contribution in [0.4, 0.5) is 0 Å². The Hall–Kier alpha value is -3.28. The normalized spacial score (nSPS) is 10.1. The Morgan fingerprint density at radius 2 is 1.81 bits per heavy atom. The highest BCUT2D eigenvalue weighted by atomic mass is 16.5. The van der Waals surface area contributed by atoms with Crippen LogP contribution in [0.5, 0.6) is 11.5 Å². The molecule has 0 aliphatic heterocycles. The molecule has 0 fully saturated rings. The molecule has 0 saturated carbocycles. The maximum atomic E-state index is 12.3. The van der Waals surface area contributed by atoms with Crippen molar-refractivity contribution in [2.45, 2.75) is 20.0 Å². The Morgan fingerprint density at radius 3 is 2.54 bits per heavy atom. The summed E-state index contributed by atoms with van der Waals surface area (Å²) in [5, 5.41) is 0. The fraction of sp³-hybridized carbons (Fsp3) is 0.200. The minimum absolute atomic E-state index is 0.0000753. The molecular weight excluding hydrogens is 332 g/mol. The van der Waals surface area contributed by atoms with Gasteiger partial charge in [-0.1, -0.05) is 30.9 Å². The third-order valence-electron chi connectivity index (χ3n) is 3.25. The first-order valence-corrected chi connectivity index (χ1v) is 8.21. The fourth-order valence-corrected chi connectivity index (χ4v) is 2.16. The van der Waals surface area contributed by atoms with Crippen molar-refractivity contribution in [1.29, 1.82) is 0 Å². The van der Waals surface area contributed by atoms with Gasteiger partial charge >= 0.3 is 0 Å². The number of hydrogen-bond acceptors (Lipinski definition) is 4. The second kappa shape index (κ2) is 9.27. The summed E-state index contributed by atoms with van der Waals surface area (Å²) in [5.74, 6) is 0.0678. The van der Waals surface area contributed by atoms with Gasteiger partial charge < -0.3 is 9.47 Å². The van der Waals surface area contributed by atoms with E-state index in [0.717, 1.165) is 0 Å². The van der Waals surface area contributed by atoms with Gasteiger partial charge in [-0.25, -0.2) is 0 Å². The number of benzene rings is 2. The van der Waals surface area contributed by atoms with E-state index in [4.69, 9.17) is 9.47 Å². The van der Waals surface area contributed by atoms with Gasteiger partial charge in [-0.05, 0) is 44.2 Å². The number of ether oxygens (including phenoxy) is 2. The SMILES string of the molecule is C=CCOc1ccccc1C(=O)NNC(=O)c1cccc(OC(C)C)c1. The zero-order chi connectivity index (χ0) is 18.9. The molecule has 0 unspecified atom stereocenters. The molecule has 136 valence electrons. The van der Waals surface area contributed by atoms with E-state index >= 15 is 0 Å². The number of carbonyl (C=O) groups excluding carboxylic acids is 2. The van der Waals surface area contributed by atoms with E-state index < -0.39 is 11.8 Å². The van der Waals surface area contributed by atoms with E-state index in [1.54, 1.807) is 54.6 Å². The average molecular weight is 354 g/mol. The third kappa shape index (κ3) is 5.37. The molecule has 0 saturated heterocycles. The average Bonchev–Trinajstić information content (AvgIpc) is 2.64. The van der Waals surface area contributed by atoms with Crippen molar-refractivity contribution >= 4 is 11.8 Å². The highest BCUT2D eigenvalue weighted by Crippen LogP contribution is 2.18. The second-order valence-electron chi connectivity index (χ2n) is 5.70. The molecule has 6 heteroatoms. The Balaban J connectivity index is 2.01. The summed E-state index contributed by atoms with van der Waals surface area (Å²) in [6, 6.07) is 13.5. The van der Waals surface area contributed by atoms with Gasteiger partial charge in [-0.3, -0.25) is 20.4 Å². The Labute approximate surface area is 152 Å². The van der Waals surface area contributed by atoms with Gasteiger partial charge in [-0.2, -0.15) is 0 Å². The minimum atomic E-state index is -0.479. The van der Waals surface area contributed by atoms with E-state index in [0.29, 0.717) is 22.6 Å². The van der Waals surface area contributed by atoms with Crippen LogP contribution in [0.1, 0.15) is 34.6 Å². The van der Waals surface area contributed by atoms with Gasteiger partial charge in [0.15, 0.2) is 0 Å². The van der Waals surface area contributed by atoms with Crippen molar-refractivity contribution in [3.8, 4) is 11.5 Å². The van der Waals surface area contributed by atoms with Crippen molar-refractivity contribution in [3.05, 3.63) is 72.3 Å². The summed E-state index contributed by atoms with van der Waals surface area (Å²) in [5.41, 5.74) is 5.47. The zero-order valence-electron chi connectivity index (χ0n) is 14.8. The maximum Gasteiger partial charge on any atom is 0.273 e. The summed E-state index contributed by atoms with van der Waals surface area (Å²) < 4.78 is 11.0. The number of rotatable bonds is 7. The number of nitrogens with one attached hydrogen (secondary N) is 2. The van der Waals surface area contributed by atoms with E-state index in [9.17, 15) is 9.59 Å². The largest absolute Gasteiger partial charge is 0.491 e. The third-order valence-corrected chi connectivity index (χ3v) is 3.25. The van der Waals surface area contributed by atoms with Crippen LogP contribution in [0, 0.1) is 0 Å². The fourth-order valence-electron chi connectivity index (χ4n) is 2.16. The van der Waals surface area contributed by atoms with E-state index in [2.05, 4.69) is 17.4 Å². The van der Waals surface area contributed by atoms with Crippen molar-refractivity contribution in [2.75, 3.05) is 6.61 Å². The van der Waals surface area contributed by atoms with Gasteiger partial charge in [0.05, 0.1) is 11.7 Å². The lowest BCUT2D eigenvalue weighted by atomic mass is 10.2. The van der Waals surface area contributed by atoms with Crippen molar-refractivity contribution in [1.82, 2.24) is 10.9 Å². The van der Waals surface area contributed by atoms with Crippen molar-refractivity contribution < 1.29 is 19.1 Å². The molecule has 2 N–H and O–H groups in total. The molecule has 2 aromatic carbocycles. The summed E-state index contributed by atoms with van der Waals surface area (Å²) in [7, 11) is 0. The summed E-state index contributed by atoms with van der Waals surface area (Å²) in [6.45, 7) is 7.66. The van der Waals surface area contributed by atoms with Crippen LogP contribution in [0.2, 0.25) is 0 Å². The van der Waals surface area contributed by atoms with Crippen LogP contribution in [0.15, 0.2) is 61.2 Å². The Kier molecular flexibility index (Phi) is 6.79. The molecule has 0 aliphatic rings. The standard InChI is InChI=1S/C20H22N2O4/c1-4-12-25-18-11-6-5-10-17(18)20(24)22-21-19(23)15-8-7-9-16(13-15)26-14(2)3/h4-11,13-14H,1,12H2,2-3H3,(H,21,23)(H,22,24). The lowest BCUT2D eigenvalue weighted by Gasteiger charge is -2.12. The molecule has 2 rings (SSSR count). The molecule has 6 nitrogen and oxygen atoms in total. The first-order chi connectivity index (χ1) is 12.5. The molecule has 0 aromatic heterocycles. The summed E-state index contributed by atoms with van der Waals surface area (Å²) in [6.07, 6.45) is 1.59. The zero-order valence-corrected chi connectivity index (χ0v) is 14.8. The molecule has 26 heavy (non-hydrogen) atoms. The van der Waals surface area contributed by atoms with Gasteiger partial charge in [-0.15, -0.1) is 0 Å². The molecule has 2 amide bonds. The van der Waals surface area contributed by atoms with E-state index in [1.165, 1.54) is 0 Å². The molecule has 0 radical (unpaired) electrons. The number of para-hydroxylation sites is 1. The van der Waals surface area contributed by atoms with E-state index in [1.807, 2.05) is 13.8 Å². The highest BCUT2D eigenvalue weighted by Gasteiger charge is 2.14. The van der Waals surface area contributed by atoms with Crippen LogP contribution in [-0.2, 0) is 0 Å².